The first-order valence-electron chi connectivity index (χ1n) is 6.06. The Morgan fingerprint density at radius 2 is 1.84 bits per heavy atom. The molecular weight excluding hydrogens is 240 g/mol. The van der Waals surface area contributed by atoms with Crippen molar-refractivity contribution in [2.24, 2.45) is 0 Å². The number of methoxy groups -OCH3 is 1. The van der Waals surface area contributed by atoms with E-state index in [-0.39, 0.29) is 5.97 Å². The molecule has 0 fully saturated rings. The smallest absolute Gasteiger partial charge is 0.338 e. The molecule has 2 rings (SSSR count). The van der Waals surface area contributed by atoms with E-state index in [2.05, 4.69) is 0 Å². The number of para-hydroxylation sites is 1. The second-order valence-electron chi connectivity index (χ2n) is 4.25. The van der Waals surface area contributed by atoms with Gasteiger partial charge in [0.25, 0.3) is 0 Å². The Labute approximate surface area is 112 Å². The minimum atomic E-state index is -0.341. The first-order valence-corrected chi connectivity index (χ1v) is 6.06. The molecular formula is C16H16O3. The van der Waals surface area contributed by atoms with Crippen molar-refractivity contribution in [2.75, 3.05) is 7.11 Å². The van der Waals surface area contributed by atoms with Crippen molar-refractivity contribution in [3.8, 4) is 5.75 Å². The van der Waals surface area contributed by atoms with Crippen molar-refractivity contribution >= 4 is 5.97 Å². The fraction of sp³-hybridized carbons (Fsp3) is 0.188. The van der Waals surface area contributed by atoms with E-state index < -0.39 is 0 Å². The Bertz CT molecular complexity index is 561. The number of hydrogen-bond donors (Lipinski definition) is 0. The van der Waals surface area contributed by atoms with Gasteiger partial charge in [-0.25, -0.2) is 4.79 Å². The van der Waals surface area contributed by atoms with Crippen LogP contribution >= 0.6 is 0 Å². The molecule has 0 amide bonds. The first-order chi connectivity index (χ1) is 9.20. The topological polar surface area (TPSA) is 35.5 Å². The lowest BCUT2D eigenvalue weighted by atomic mass is 10.1. The fourth-order valence-electron chi connectivity index (χ4n) is 1.83. The summed E-state index contributed by atoms with van der Waals surface area (Å²) in [6.07, 6.45) is 0. The molecule has 0 radical (unpaired) electrons. The number of aryl methyl sites for hydroxylation is 1. The molecule has 0 atom stereocenters. The quantitative estimate of drug-likeness (QED) is 0.787. The zero-order valence-electron chi connectivity index (χ0n) is 11.1. The number of benzene rings is 2. The third-order valence-corrected chi connectivity index (χ3v) is 2.80. The monoisotopic (exact) mass is 256 g/mol. The van der Waals surface area contributed by atoms with Gasteiger partial charge in [0.2, 0.25) is 0 Å². The van der Waals surface area contributed by atoms with Gasteiger partial charge in [-0.05, 0) is 25.1 Å². The summed E-state index contributed by atoms with van der Waals surface area (Å²) >= 11 is 0. The van der Waals surface area contributed by atoms with Crippen LogP contribution in [0.15, 0.2) is 48.5 Å². The molecule has 0 saturated heterocycles. The second-order valence-corrected chi connectivity index (χ2v) is 4.25. The van der Waals surface area contributed by atoms with Crippen molar-refractivity contribution < 1.29 is 14.3 Å². The molecule has 19 heavy (non-hydrogen) atoms. The van der Waals surface area contributed by atoms with Gasteiger partial charge in [0.1, 0.15) is 12.4 Å². The van der Waals surface area contributed by atoms with Crippen LogP contribution in [0.3, 0.4) is 0 Å². The highest BCUT2D eigenvalue weighted by Gasteiger charge is 2.12. The largest absolute Gasteiger partial charge is 0.489 e. The van der Waals surface area contributed by atoms with Crippen LogP contribution < -0.4 is 4.74 Å². The molecule has 0 aliphatic carbocycles. The second kappa shape index (κ2) is 6.05. The van der Waals surface area contributed by atoms with Crippen molar-refractivity contribution in [1.29, 1.82) is 0 Å². The van der Waals surface area contributed by atoms with Crippen molar-refractivity contribution in [2.45, 2.75) is 13.5 Å². The predicted octanol–water partition coefficient (Wildman–Crippen LogP) is 3.36. The van der Waals surface area contributed by atoms with Gasteiger partial charge in [-0.2, -0.15) is 0 Å². The summed E-state index contributed by atoms with van der Waals surface area (Å²) in [5, 5.41) is 0. The maximum absolute atomic E-state index is 11.7. The maximum Gasteiger partial charge on any atom is 0.338 e. The summed E-state index contributed by atoms with van der Waals surface area (Å²) in [6, 6.07) is 15.1. The van der Waals surface area contributed by atoms with Crippen LogP contribution in [0.4, 0.5) is 0 Å². The Balaban J connectivity index is 2.19. The lowest BCUT2D eigenvalue weighted by Gasteiger charge is -2.10. The number of esters is 1. The van der Waals surface area contributed by atoms with Gasteiger partial charge < -0.3 is 9.47 Å². The first kappa shape index (κ1) is 13.1. The van der Waals surface area contributed by atoms with Gasteiger partial charge in [0.15, 0.2) is 0 Å². The third kappa shape index (κ3) is 3.35. The van der Waals surface area contributed by atoms with Gasteiger partial charge in [0.05, 0.1) is 12.7 Å². The van der Waals surface area contributed by atoms with Gasteiger partial charge >= 0.3 is 5.97 Å². The lowest BCUT2D eigenvalue weighted by molar-refractivity contribution is 0.0597. The molecule has 2 aromatic rings. The van der Waals surface area contributed by atoms with E-state index in [1.165, 1.54) is 7.11 Å². The molecule has 0 heterocycles. The van der Waals surface area contributed by atoms with Crippen molar-refractivity contribution in [3.63, 3.8) is 0 Å². The van der Waals surface area contributed by atoms with Crippen LogP contribution in [0, 0.1) is 6.92 Å². The normalized spacial score (nSPS) is 10.0. The summed E-state index contributed by atoms with van der Waals surface area (Å²) in [4.78, 5) is 11.7. The van der Waals surface area contributed by atoms with E-state index >= 15 is 0 Å². The van der Waals surface area contributed by atoms with E-state index in [9.17, 15) is 4.79 Å². The average Bonchev–Trinajstić information content (AvgIpc) is 2.45. The zero-order chi connectivity index (χ0) is 13.7. The van der Waals surface area contributed by atoms with Gasteiger partial charge in [0, 0.05) is 5.56 Å². The molecule has 0 aromatic heterocycles. The molecule has 3 nitrogen and oxygen atoms in total. The standard InChI is InChI=1S/C16H16O3/c1-12-8-9-15(16(17)18-2)13(10-12)11-19-14-6-4-3-5-7-14/h3-10H,11H2,1-2H3. The fourth-order valence-corrected chi connectivity index (χ4v) is 1.83. The summed E-state index contributed by atoms with van der Waals surface area (Å²) in [6.45, 7) is 2.32. The summed E-state index contributed by atoms with van der Waals surface area (Å²) in [5.41, 5.74) is 2.46. The zero-order valence-corrected chi connectivity index (χ0v) is 11.1. The Morgan fingerprint density at radius 3 is 2.53 bits per heavy atom. The van der Waals surface area contributed by atoms with Crippen LogP contribution in [-0.2, 0) is 11.3 Å². The van der Waals surface area contributed by atoms with Crippen LogP contribution in [0.5, 0.6) is 5.75 Å². The molecule has 2 aromatic carbocycles. The predicted molar refractivity (Wildman–Crippen MR) is 73.3 cm³/mol. The van der Waals surface area contributed by atoms with Gasteiger partial charge in [-0.3, -0.25) is 0 Å². The molecule has 3 heteroatoms. The Hall–Kier alpha value is -2.29. The number of carbonyl (C=O) groups excluding carboxylic acids is 1. The van der Waals surface area contributed by atoms with E-state index in [0.717, 1.165) is 16.9 Å². The third-order valence-electron chi connectivity index (χ3n) is 2.80. The van der Waals surface area contributed by atoms with E-state index in [1.807, 2.05) is 49.4 Å². The molecule has 0 spiro atoms. The molecule has 98 valence electrons. The summed E-state index contributed by atoms with van der Waals surface area (Å²) in [7, 11) is 1.38. The number of carbonyl (C=O) groups is 1. The highest BCUT2D eigenvalue weighted by molar-refractivity contribution is 5.91. The van der Waals surface area contributed by atoms with Gasteiger partial charge in [-0.1, -0.05) is 35.9 Å². The number of ether oxygens (including phenoxy) is 2. The minimum absolute atomic E-state index is 0.341. The molecule has 0 unspecified atom stereocenters. The Kier molecular flexibility index (Phi) is 4.18. The van der Waals surface area contributed by atoms with Crippen molar-refractivity contribution in [3.05, 3.63) is 65.2 Å². The Morgan fingerprint density at radius 1 is 1.11 bits per heavy atom. The molecule has 0 aliphatic heterocycles. The SMILES string of the molecule is COC(=O)c1ccc(C)cc1COc1ccccc1. The highest BCUT2D eigenvalue weighted by Crippen LogP contribution is 2.17. The van der Waals surface area contributed by atoms with Crippen LogP contribution in [0.1, 0.15) is 21.5 Å². The lowest BCUT2D eigenvalue weighted by Crippen LogP contribution is -2.08. The maximum atomic E-state index is 11.7. The summed E-state index contributed by atoms with van der Waals surface area (Å²) < 4.78 is 10.4. The molecule has 0 bridgehead atoms. The van der Waals surface area contributed by atoms with E-state index in [4.69, 9.17) is 9.47 Å². The van der Waals surface area contributed by atoms with Gasteiger partial charge in [-0.15, -0.1) is 0 Å². The van der Waals surface area contributed by atoms with E-state index in [1.54, 1.807) is 6.07 Å². The molecule has 0 saturated carbocycles. The highest BCUT2D eigenvalue weighted by atomic mass is 16.5. The minimum Gasteiger partial charge on any atom is -0.489 e. The van der Waals surface area contributed by atoms with Crippen LogP contribution in [-0.4, -0.2) is 13.1 Å². The van der Waals surface area contributed by atoms with Crippen LogP contribution in [0.2, 0.25) is 0 Å². The number of hydrogen-bond acceptors (Lipinski definition) is 3. The van der Waals surface area contributed by atoms with E-state index in [0.29, 0.717) is 12.2 Å². The summed E-state index contributed by atoms with van der Waals surface area (Å²) in [5.74, 6) is 0.437. The van der Waals surface area contributed by atoms with Crippen LogP contribution in [0.25, 0.3) is 0 Å². The molecule has 0 aliphatic rings. The molecule has 0 N–H and O–H groups in total. The number of rotatable bonds is 4. The average molecular weight is 256 g/mol. The van der Waals surface area contributed by atoms with Crippen molar-refractivity contribution in [1.82, 2.24) is 0 Å².